The largest absolute Gasteiger partial charge is 0.350 e. The lowest BCUT2D eigenvalue weighted by molar-refractivity contribution is 0.585. The van der Waals surface area contributed by atoms with Gasteiger partial charge in [0.2, 0.25) is 0 Å². The quantitative estimate of drug-likeness (QED) is 0.702. The third-order valence-corrected chi connectivity index (χ3v) is 3.15. The maximum Gasteiger partial charge on any atom is 0.128 e. The summed E-state index contributed by atoms with van der Waals surface area (Å²) in [5, 5.41) is 1.12. The van der Waals surface area contributed by atoms with Crippen molar-refractivity contribution in [2.24, 2.45) is 7.05 Å². The van der Waals surface area contributed by atoms with E-state index in [0.29, 0.717) is 0 Å². The minimum absolute atomic E-state index is 0.0846. The molecule has 1 aromatic heterocycles. The van der Waals surface area contributed by atoms with Crippen molar-refractivity contribution in [3.8, 4) is 0 Å². The van der Waals surface area contributed by atoms with E-state index in [1.54, 1.807) is 6.07 Å². The normalized spacial score (nSPS) is 13.3. The number of hydrogen-bond acceptors (Lipinski definition) is 0. The zero-order valence-electron chi connectivity index (χ0n) is 9.42. The molecule has 2 aromatic rings. The number of rotatable bonds is 2. The van der Waals surface area contributed by atoms with E-state index in [2.05, 4.69) is 13.8 Å². The van der Waals surface area contributed by atoms with Crippen molar-refractivity contribution in [1.29, 1.82) is 0 Å². The second-order valence-electron chi connectivity index (χ2n) is 4.17. The maximum absolute atomic E-state index is 13.8. The maximum atomic E-state index is 13.8. The summed E-state index contributed by atoms with van der Waals surface area (Å²) in [6.07, 6.45) is 2.93. The van der Waals surface area contributed by atoms with E-state index >= 15 is 0 Å². The average molecular weight is 205 g/mol. The molecule has 2 rings (SSSR count). The molecule has 1 nitrogen and oxygen atoms in total. The number of benzene rings is 1. The Morgan fingerprint density at radius 1 is 1.40 bits per heavy atom. The van der Waals surface area contributed by atoms with Gasteiger partial charge in [-0.15, -0.1) is 0 Å². The molecule has 0 N–H and O–H groups in total. The van der Waals surface area contributed by atoms with Gasteiger partial charge in [0.1, 0.15) is 5.82 Å². The van der Waals surface area contributed by atoms with Crippen LogP contribution < -0.4 is 0 Å². The van der Waals surface area contributed by atoms with E-state index in [1.165, 1.54) is 0 Å². The molecule has 1 heterocycles. The molecule has 1 unspecified atom stereocenters. The highest BCUT2D eigenvalue weighted by atomic mass is 19.1. The Balaban J connectivity index is 2.63. The molecule has 0 bridgehead atoms. The smallest absolute Gasteiger partial charge is 0.128 e. The van der Waals surface area contributed by atoms with Crippen LogP contribution in [0, 0.1) is 5.82 Å². The second-order valence-corrected chi connectivity index (χ2v) is 4.17. The predicted molar refractivity (Wildman–Crippen MR) is 61.6 cm³/mol. The number of hydrogen-bond donors (Lipinski definition) is 0. The molecule has 2 heteroatoms. The summed E-state index contributed by atoms with van der Waals surface area (Å²) in [6, 6.07) is 5.64. The van der Waals surface area contributed by atoms with E-state index in [4.69, 9.17) is 0 Å². The standard InChI is InChI=1S/C13H16FN/c1-4-9(2)11-7-10-5-6-15(3)13(10)8-12(11)14/h5-9H,4H2,1-3H3. The summed E-state index contributed by atoms with van der Waals surface area (Å²) in [5.74, 6) is 0.202. The fourth-order valence-corrected chi connectivity index (χ4v) is 1.91. The van der Waals surface area contributed by atoms with E-state index < -0.39 is 0 Å². The van der Waals surface area contributed by atoms with Crippen molar-refractivity contribution < 1.29 is 4.39 Å². The van der Waals surface area contributed by atoms with Crippen LogP contribution in [0.15, 0.2) is 24.4 Å². The van der Waals surface area contributed by atoms with Crippen LogP contribution in [0.2, 0.25) is 0 Å². The molecule has 0 aliphatic rings. The van der Waals surface area contributed by atoms with E-state index in [1.807, 2.05) is 29.9 Å². The highest BCUT2D eigenvalue weighted by molar-refractivity contribution is 5.81. The van der Waals surface area contributed by atoms with Crippen LogP contribution >= 0.6 is 0 Å². The van der Waals surface area contributed by atoms with Gasteiger partial charge >= 0.3 is 0 Å². The van der Waals surface area contributed by atoms with Crippen molar-refractivity contribution in [2.45, 2.75) is 26.2 Å². The predicted octanol–water partition coefficient (Wildman–Crippen LogP) is 3.83. The van der Waals surface area contributed by atoms with Gasteiger partial charge in [-0.3, -0.25) is 0 Å². The molecule has 0 saturated heterocycles. The van der Waals surface area contributed by atoms with E-state index in [0.717, 1.165) is 22.9 Å². The first-order valence-corrected chi connectivity index (χ1v) is 5.38. The summed E-state index contributed by atoms with van der Waals surface area (Å²) < 4.78 is 15.7. The highest BCUT2D eigenvalue weighted by Gasteiger charge is 2.11. The zero-order valence-corrected chi connectivity index (χ0v) is 9.42. The number of halogens is 1. The SMILES string of the molecule is CCC(C)c1cc2ccn(C)c2cc1F. The van der Waals surface area contributed by atoms with Gasteiger partial charge in [0, 0.05) is 18.6 Å². The fraction of sp³-hybridized carbons (Fsp3) is 0.385. The average Bonchev–Trinajstić information content (AvgIpc) is 2.58. The van der Waals surface area contributed by atoms with Gasteiger partial charge in [0.25, 0.3) is 0 Å². The Bertz CT molecular complexity index is 484. The molecule has 1 aromatic carbocycles. The van der Waals surface area contributed by atoms with Crippen molar-refractivity contribution >= 4 is 10.9 Å². The second kappa shape index (κ2) is 3.69. The first kappa shape index (κ1) is 10.2. The van der Waals surface area contributed by atoms with Crippen LogP contribution in [0.4, 0.5) is 4.39 Å². The first-order chi connectivity index (χ1) is 7.13. The molecule has 0 amide bonds. The van der Waals surface area contributed by atoms with Crippen molar-refractivity contribution in [3.05, 3.63) is 35.8 Å². The van der Waals surface area contributed by atoms with Crippen molar-refractivity contribution in [3.63, 3.8) is 0 Å². The van der Waals surface area contributed by atoms with Gasteiger partial charge in [0.15, 0.2) is 0 Å². The van der Waals surface area contributed by atoms with Gasteiger partial charge < -0.3 is 4.57 Å². The van der Waals surface area contributed by atoms with Crippen LogP contribution in [-0.4, -0.2) is 4.57 Å². The van der Waals surface area contributed by atoms with Crippen LogP contribution in [0.3, 0.4) is 0 Å². The summed E-state index contributed by atoms with van der Waals surface area (Å²) in [5.41, 5.74) is 1.79. The molecule has 0 radical (unpaired) electrons. The summed E-state index contributed by atoms with van der Waals surface area (Å²) in [6.45, 7) is 4.15. The Labute approximate surface area is 89.5 Å². The lowest BCUT2D eigenvalue weighted by Gasteiger charge is -2.10. The lowest BCUT2D eigenvalue weighted by Crippen LogP contribution is -1.96. The number of fused-ring (bicyclic) bond motifs is 1. The molecular weight excluding hydrogens is 189 g/mol. The molecule has 0 aliphatic heterocycles. The molecule has 80 valence electrons. The minimum atomic E-state index is -0.0846. The van der Waals surface area contributed by atoms with Gasteiger partial charge in [-0.1, -0.05) is 13.8 Å². The molecular formula is C13H16FN. The Morgan fingerprint density at radius 2 is 2.13 bits per heavy atom. The molecule has 0 spiro atoms. The van der Waals surface area contributed by atoms with E-state index in [-0.39, 0.29) is 11.7 Å². The number of nitrogens with zero attached hydrogens (tertiary/aromatic N) is 1. The topological polar surface area (TPSA) is 4.93 Å². The molecule has 15 heavy (non-hydrogen) atoms. The molecule has 1 atom stereocenters. The first-order valence-electron chi connectivity index (χ1n) is 5.38. The van der Waals surface area contributed by atoms with Crippen LogP contribution in [-0.2, 0) is 7.05 Å². The van der Waals surface area contributed by atoms with Gasteiger partial charge in [-0.25, -0.2) is 4.39 Å². The molecule has 0 aliphatic carbocycles. The third kappa shape index (κ3) is 1.65. The summed E-state index contributed by atoms with van der Waals surface area (Å²) >= 11 is 0. The van der Waals surface area contributed by atoms with Crippen LogP contribution in [0.5, 0.6) is 0 Å². The Morgan fingerprint density at radius 3 is 2.80 bits per heavy atom. The van der Waals surface area contributed by atoms with Crippen LogP contribution in [0.25, 0.3) is 10.9 Å². The highest BCUT2D eigenvalue weighted by Crippen LogP contribution is 2.26. The van der Waals surface area contributed by atoms with Gasteiger partial charge in [0.05, 0.1) is 5.52 Å². The minimum Gasteiger partial charge on any atom is -0.350 e. The third-order valence-electron chi connectivity index (χ3n) is 3.15. The van der Waals surface area contributed by atoms with E-state index in [9.17, 15) is 4.39 Å². The van der Waals surface area contributed by atoms with Crippen molar-refractivity contribution in [1.82, 2.24) is 4.57 Å². The fourth-order valence-electron chi connectivity index (χ4n) is 1.91. The lowest BCUT2D eigenvalue weighted by atomic mass is 9.97. The number of aryl methyl sites for hydroxylation is 1. The van der Waals surface area contributed by atoms with Gasteiger partial charge in [-0.2, -0.15) is 0 Å². The monoisotopic (exact) mass is 205 g/mol. The summed E-state index contributed by atoms with van der Waals surface area (Å²) in [7, 11) is 1.94. The zero-order chi connectivity index (χ0) is 11.0. The van der Waals surface area contributed by atoms with Crippen molar-refractivity contribution in [2.75, 3.05) is 0 Å². The summed E-state index contributed by atoms with van der Waals surface area (Å²) in [4.78, 5) is 0. The molecule has 0 saturated carbocycles. The van der Waals surface area contributed by atoms with Crippen LogP contribution in [0.1, 0.15) is 31.7 Å². The Kier molecular flexibility index (Phi) is 2.51. The number of aromatic nitrogens is 1. The Hall–Kier alpha value is -1.31. The van der Waals surface area contributed by atoms with Gasteiger partial charge in [-0.05, 0) is 36.1 Å². The molecule has 0 fully saturated rings.